The highest BCUT2D eigenvalue weighted by atomic mass is 35.5. The molecule has 1 aromatic heterocycles. The van der Waals surface area contributed by atoms with Crippen molar-refractivity contribution in [3.8, 4) is 28.6 Å². The second-order valence-corrected chi connectivity index (χ2v) is 11.1. The lowest BCUT2D eigenvalue weighted by atomic mass is 9.62. The van der Waals surface area contributed by atoms with E-state index < -0.39 is 11.9 Å². The number of nitrogens with zero attached hydrogens (tertiary/aromatic N) is 4. The van der Waals surface area contributed by atoms with Crippen LogP contribution in [0.25, 0.3) is 11.3 Å². The summed E-state index contributed by atoms with van der Waals surface area (Å²) >= 11 is 6.72. The van der Waals surface area contributed by atoms with E-state index in [1.807, 2.05) is 0 Å². The van der Waals surface area contributed by atoms with Crippen molar-refractivity contribution in [2.24, 2.45) is 5.41 Å². The Bertz CT molecular complexity index is 1320. The third kappa shape index (κ3) is 3.97. The summed E-state index contributed by atoms with van der Waals surface area (Å²) < 4.78 is 27.3. The summed E-state index contributed by atoms with van der Waals surface area (Å²) in [5.74, 6) is -1.62. The van der Waals surface area contributed by atoms with E-state index in [0.717, 1.165) is 25.9 Å². The molecule has 0 radical (unpaired) electrons. The lowest BCUT2D eigenvalue weighted by Crippen LogP contribution is -2.63. The van der Waals surface area contributed by atoms with Gasteiger partial charge in [-0.3, -0.25) is 9.59 Å². The molecule has 1 spiro atoms. The van der Waals surface area contributed by atoms with Gasteiger partial charge in [0.1, 0.15) is 40.6 Å². The second-order valence-electron chi connectivity index (χ2n) is 10.7. The SMILES string of the molecule is C=CC(=O)N1CCN2C(=O)c3c(OC4CC5(C4)CN(C)C5)nc(-c4c(O)cccc4F)c(Cl)c3OC[C@H]2C1. The Morgan fingerprint density at radius 2 is 2.08 bits per heavy atom. The maximum Gasteiger partial charge on any atom is 0.263 e. The normalized spacial score (nSPS) is 22.5. The van der Waals surface area contributed by atoms with Crippen LogP contribution in [0, 0.1) is 11.2 Å². The maximum absolute atomic E-state index is 14.9. The first-order chi connectivity index (χ1) is 18.2. The van der Waals surface area contributed by atoms with Gasteiger partial charge in [-0.2, -0.15) is 0 Å². The molecule has 1 saturated carbocycles. The van der Waals surface area contributed by atoms with Crippen LogP contribution in [0.2, 0.25) is 5.02 Å². The third-order valence-corrected chi connectivity index (χ3v) is 8.31. The summed E-state index contributed by atoms with van der Waals surface area (Å²) in [4.78, 5) is 36.2. The Morgan fingerprint density at radius 3 is 2.76 bits per heavy atom. The number of ether oxygens (including phenoxy) is 2. The molecule has 1 N–H and O–H groups in total. The number of benzene rings is 1. The van der Waals surface area contributed by atoms with E-state index >= 15 is 0 Å². The number of aromatic hydroxyl groups is 1. The number of likely N-dealkylation sites (tertiary alicyclic amines) is 1. The Morgan fingerprint density at radius 1 is 1.32 bits per heavy atom. The zero-order valence-electron chi connectivity index (χ0n) is 21.0. The van der Waals surface area contributed by atoms with Crippen molar-refractivity contribution in [1.29, 1.82) is 0 Å². The van der Waals surface area contributed by atoms with Crippen molar-refractivity contribution in [3.05, 3.63) is 47.3 Å². The van der Waals surface area contributed by atoms with Gasteiger partial charge in [0.05, 0.1) is 11.6 Å². The Balaban J connectivity index is 1.40. The molecule has 1 aromatic carbocycles. The molecule has 2 saturated heterocycles. The summed E-state index contributed by atoms with van der Waals surface area (Å²) in [5.41, 5.74) is 0.0307. The molecule has 9 nitrogen and oxygen atoms in total. The fourth-order valence-corrected chi connectivity index (χ4v) is 6.55. The molecular formula is C27H28ClFN4O5. The number of carbonyl (C=O) groups excluding carboxylic acids is 2. The lowest BCUT2D eigenvalue weighted by Gasteiger charge is -2.57. The van der Waals surface area contributed by atoms with Gasteiger partial charge in [-0.25, -0.2) is 9.37 Å². The van der Waals surface area contributed by atoms with E-state index in [4.69, 9.17) is 21.1 Å². The molecule has 11 heteroatoms. The minimum atomic E-state index is -0.721. The van der Waals surface area contributed by atoms with Crippen LogP contribution >= 0.6 is 11.6 Å². The van der Waals surface area contributed by atoms with E-state index in [1.165, 1.54) is 24.3 Å². The van der Waals surface area contributed by atoms with E-state index in [0.29, 0.717) is 6.54 Å². The van der Waals surface area contributed by atoms with Gasteiger partial charge in [-0.05, 0) is 38.1 Å². The monoisotopic (exact) mass is 542 g/mol. The molecule has 38 heavy (non-hydrogen) atoms. The second kappa shape index (κ2) is 9.13. The minimum Gasteiger partial charge on any atom is -0.507 e. The molecule has 1 aliphatic carbocycles. The topological polar surface area (TPSA) is 95.4 Å². The largest absolute Gasteiger partial charge is 0.507 e. The van der Waals surface area contributed by atoms with Gasteiger partial charge in [0.15, 0.2) is 5.75 Å². The summed E-state index contributed by atoms with van der Waals surface area (Å²) in [5, 5.41) is 10.4. The molecule has 0 unspecified atom stereocenters. The molecule has 4 aliphatic rings. The molecule has 3 aliphatic heterocycles. The summed E-state index contributed by atoms with van der Waals surface area (Å²) in [6.07, 6.45) is 2.71. The first-order valence-corrected chi connectivity index (χ1v) is 13.0. The van der Waals surface area contributed by atoms with Crippen molar-refractivity contribution in [2.45, 2.75) is 25.0 Å². The fourth-order valence-electron chi connectivity index (χ4n) is 6.27. The van der Waals surface area contributed by atoms with Crippen LogP contribution < -0.4 is 9.47 Å². The quantitative estimate of drug-likeness (QED) is 0.594. The van der Waals surface area contributed by atoms with Gasteiger partial charge < -0.3 is 29.3 Å². The highest BCUT2D eigenvalue weighted by Gasteiger charge is 2.53. The van der Waals surface area contributed by atoms with E-state index in [2.05, 4.69) is 23.5 Å². The summed E-state index contributed by atoms with van der Waals surface area (Å²) in [7, 11) is 2.07. The van der Waals surface area contributed by atoms with Crippen molar-refractivity contribution in [2.75, 3.05) is 46.4 Å². The zero-order chi connectivity index (χ0) is 26.8. The molecule has 6 rings (SSSR count). The number of hydrogen-bond acceptors (Lipinski definition) is 7. The molecule has 2 aromatic rings. The fraction of sp³-hybridized carbons (Fsp3) is 0.444. The highest BCUT2D eigenvalue weighted by Crippen LogP contribution is 2.51. The lowest BCUT2D eigenvalue weighted by molar-refractivity contribution is -0.128. The van der Waals surface area contributed by atoms with Crippen LogP contribution in [0.3, 0.4) is 0 Å². The number of fused-ring (bicyclic) bond motifs is 2. The number of halogens is 2. The number of phenolic OH excluding ortho intramolecular Hbond substituents is 1. The van der Waals surface area contributed by atoms with Crippen molar-refractivity contribution < 1.29 is 28.6 Å². The number of amides is 2. The molecule has 1 atom stereocenters. The van der Waals surface area contributed by atoms with Crippen LogP contribution in [0.1, 0.15) is 23.2 Å². The number of aromatic nitrogens is 1. The van der Waals surface area contributed by atoms with E-state index in [-0.39, 0.29) is 82.3 Å². The first kappa shape index (κ1) is 24.9. The zero-order valence-corrected chi connectivity index (χ0v) is 21.7. The molecule has 200 valence electrons. The number of carbonyl (C=O) groups is 2. The predicted molar refractivity (Wildman–Crippen MR) is 137 cm³/mol. The van der Waals surface area contributed by atoms with Crippen LogP contribution in [0.15, 0.2) is 30.9 Å². The number of pyridine rings is 1. The summed E-state index contributed by atoms with van der Waals surface area (Å²) in [6, 6.07) is 3.47. The number of phenols is 1. The molecule has 3 fully saturated rings. The van der Waals surface area contributed by atoms with Crippen LogP contribution in [-0.2, 0) is 4.79 Å². The maximum atomic E-state index is 14.9. The highest BCUT2D eigenvalue weighted by molar-refractivity contribution is 6.35. The van der Waals surface area contributed by atoms with Gasteiger partial charge in [0, 0.05) is 38.1 Å². The van der Waals surface area contributed by atoms with Gasteiger partial charge >= 0.3 is 0 Å². The van der Waals surface area contributed by atoms with Crippen LogP contribution in [0.5, 0.6) is 17.4 Å². The smallest absolute Gasteiger partial charge is 0.263 e. The van der Waals surface area contributed by atoms with Gasteiger partial charge in [-0.15, -0.1) is 0 Å². The first-order valence-electron chi connectivity index (χ1n) is 12.6. The summed E-state index contributed by atoms with van der Waals surface area (Å²) in [6.45, 7) is 6.50. The molecular weight excluding hydrogens is 515 g/mol. The van der Waals surface area contributed by atoms with Gasteiger partial charge in [0.2, 0.25) is 11.8 Å². The average molecular weight is 543 g/mol. The molecule has 2 amide bonds. The van der Waals surface area contributed by atoms with E-state index in [1.54, 1.807) is 9.80 Å². The predicted octanol–water partition coefficient (Wildman–Crippen LogP) is 2.95. The Hall–Kier alpha value is -3.37. The molecule has 0 bridgehead atoms. The van der Waals surface area contributed by atoms with Crippen molar-refractivity contribution in [3.63, 3.8) is 0 Å². The van der Waals surface area contributed by atoms with E-state index in [9.17, 15) is 19.1 Å². The number of hydrogen-bond donors (Lipinski definition) is 1. The number of rotatable bonds is 4. The Kier molecular flexibility index (Phi) is 5.99. The third-order valence-electron chi connectivity index (χ3n) is 7.96. The van der Waals surface area contributed by atoms with Crippen LogP contribution in [0.4, 0.5) is 4.39 Å². The van der Waals surface area contributed by atoms with Crippen LogP contribution in [-0.4, -0.2) is 95.1 Å². The van der Waals surface area contributed by atoms with Gasteiger partial charge in [-0.1, -0.05) is 24.2 Å². The van der Waals surface area contributed by atoms with Crippen molar-refractivity contribution in [1.82, 2.24) is 19.7 Å². The minimum absolute atomic E-state index is 0.00447. The van der Waals surface area contributed by atoms with Gasteiger partial charge in [0.25, 0.3) is 5.91 Å². The number of piperazine rings is 1. The van der Waals surface area contributed by atoms with Crippen molar-refractivity contribution >= 4 is 23.4 Å². The Labute approximate surface area is 224 Å². The average Bonchev–Trinajstić information content (AvgIpc) is 3.00. The standard InChI is InChI=1S/C27H28ClFN4O5/c1-3-19(35)32-7-8-33-15(11-32)12-37-24-21(26(33)36)25(38-16-9-27(10-16)13-31(2)14-27)30-23(22(24)28)20-17(29)5-4-6-18(20)34/h3-6,15-16,34H,1,7-14H2,2H3/t15-/m1/s1. The molecule has 4 heterocycles.